The van der Waals surface area contributed by atoms with Crippen LogP contribution in [0.25, 0.3) is 0 Å². The monoisotopic (exact) mass is 276 g/mol. The van der Waals surface area contributed by atoms with E-state index in [0.717, 1.165) is 19.6 Å². The van der Waals surface area contributed by atoms with Crippen molar-refractivity contribution in [3.63, 3.8) is 0 Å². The second-order valence-corrected chi connectivity index (χ2v) is 5.90. The van der Waals surface area contributed by atoms with Crippen LogP contribution in [0.15, 0.2) is 30.3 Å². The fourth-order valence-electron chi connectivity index (χ4n) is 3.15. The van der Waals surface area contributed by atoms with Crippen LogP contribution in [0.4, 0.5) is 0 Å². The standard InChI is InChI=1S/C17H28N2O/c1-18-17(15-20,16-10-6-5-7-11-16)14-19-12-8-3-2-4-9-13-19/h5-7,10-11,18,20H,2-4,8-9,12-15H2,1H3. The fourth-order valence-corrected chi connectivity index (χ4v) is 3.15. The Morgan fingerprint density at radius 2 is 1.65 bits per heavy atom. The van der Waals surface area contributed by atoms with Crippen molar-refractivity contribution in [2.75, 3.05) is 33.3 Å². The maximum Gasteiger partial charge on any atom is 0.0795 e. The third kappa shape index (κ3) is 3.81. The molecule has 0 aliphatic carbocycles. The second kappa shape index (κ2) is 7.77. The van der Waals surface area contributed by atoms with E-state index < -0.39 is 0 Å². The van der Waals surface area contributed by atoms with E-state index in [2.05, 4.69) is 22.3 Å². The minimum Gasteiger partial charge on any atom is -0.394 e. The SMILES string of the molecule is CNC(CO)(CN1CCCCCCC1)c1ccccc1. The van der Waals surface area contributed by atoms with Gasteiger partial charge in [0.05, 0.1) is 12.1 Å². The summed E-state index contributed by atoms with van der Waals surface area (Å²) in [5.41, 5.74) is 0.826. The average Bonchev–Trinajstić information content (AvgIpc) is 2.48. The van der Waals surface area contributed by atoms with Crippen LogP contribution in [0, 0.1) is 0 Å². The largest absolute Gasteiger partial charge is 0.394 e. The quantitative estimate of drug-likeness (QED) is 0.866. The van der Waals surface area contributed by atoms with Gasteiger partial charge in [0.15, 0.2) is 0 Å². The van der Waals surface area contributed by atoms with E-state index in [4.69, 9.17) is 0 Å². The summed E-state index contributed by atoms with van der Waals surface area (Å²) in [6, 6.07) is 10.3. The predicted octanol–water partition coefficient (Wildman–Crippen LogP) is 2.36. The van der Waals surface area contributed by atoms with Gasteiger partial charge in [-0.15, -0.1) is 0 Å². The Morgan fingerprint density at radius 1 is 1.05 bits per heavy atom. The van der Waals surface area contributed by atoms with Crippen LogP contribution in [0.2, 0.25) is 0 Å². The third-order valence-corrected chi connectivity index (χ3v) is 4.52. The van der Waals surface area contributed by atoms with Gasteiger partial charge in [-0.2, -0.15) is 0 Å². The van der Waals surface area contributed by atoms with Crippen LogP contribution in [-0.4, -0.2) is 43.3 Å². The topological polar surface area (TPSA) is 35.5 Å². The maximum atomic E-state index is 10.00. The molecule has 1 saturated heterocycles. The first-order valence-corrected chi connectivity index (χ1v) is 7.88. The Balaban J connectivity index is 2.11. The van der Waals surface area contributed by atoms with E-state index in [0.29, 0.717) is 0 Å². The number of rotatable bonds is 5. The van der Waals surface area contributed by atoms with Crippen molar-refractivity contribution in [2.24, 2.45) is 0 Å². The van der Waals surface area contributed by atoms with Crippen molar-refractivity contribution in [2.45, 2.75) is 37.6 Å². The Labute approximate surface area is 123 Å². The Kier molecular flexibility index (Phi) is 6.02. The van der Waals surface area contributed by atoms with E-state index in [-0.39, 0.29) is 12.1 Å². The summed E-state index contributed by atoms with van der Waals surface area (Å²) in [4.78, 5) is 2.51. The molecule has 1 fully saturated rings. The van der Waals surface area contributed by atoms with Gasteiger partial charge in [0.1, 0.15) is 0 Å². The number of nitrogens with one attached hydrogen (secondary N) is 1. The van der Waals surface area contributed by atoms with Gasteiger partial charge < -0.3 is 15.3 Å². The van der Waals surface area contributed by atoms with Crippen molar-refractivity contribution in [3.05, 3.63) is 35.9 Å². The molecule has 0 saturated carbocycles. The molecule has 0 aromatic heterocycles. The third-order valence-electron chi connectivity index (χ3n) is 4.52. The molecule has 20 heavy (non-hydrogen) atoms. The first-order chi connectivity index (χ1) is 9.80. The van der Waals surface area contributed by atoms with Gasteiger partial charge in [0.2, 0.25) is 0 Å². The van der Waals surface area contributed by atoms with Crippen LogP contribution in [-0.2, 0) is 5.54 Å². The summed E-state index contributed by atoms with van der Waals surface area (Å²) in [5, 5.41) is 13.4. The number of aliphatic hydroxyl groups is 1. The van der Waals surface area contributed by atoms with Crippen molar-refractivity contribution in [3.8, 4) is 0 Å². The lowest BCUT2D eigenvalue weighted by atomic mass is 9.89. The van der Waals surface area contributed by atoms with Gasteiger partial charge in [-0.05, 0) is 38.5 Å². The van der Waals surface area contributed by atoms with Crippen LogP contribution >= 0.6 is 0 Å². The molecule has 3 heteroatoms. The van der Waals surface area contributed by atoms with Crippen molar-refractivity contribution in [1.29, 1.82) is 0 Å². The van der Waals surface area contributed by atoms with E-state index in [1.54, 1.807) is 0 Å². The van der Waals surface area contributed by atoms with E-state index in [1.807, 2.05) is 25.2 Å². The zero-order valence-electron chi connectivity index (χ0n) is 12.6. The lowest BCUT2D eigenvalue weighted by Crippen LogP contribution is -2.52. The van der Waals surface area contributed by atoms with Crippen LogP contribution < -0.4 is 5.32 Å². The summed E-state index contributed by atoms with van der Waals surface area (Å²) in [6.45, 7) is 3.31. The molecular formula is C17H28N2O. The first-order valence-electron chi connectivity index (χ1n) is 7.88. The van der Waals surface area contributed by atoms with Crippen molar-refractivity contribution >= 4 is 0 Å². The number of benzene rings is 1. The number of hydrogen-bond donors (Lipinski definition) is 2. The fraction of sp³-hybridized carbons (Fsp3) is 0.647. The summed E-state index contributed by atoms with van der Waals surface area (Å²) in [6.07, 6.45) is 6.62. The number of likely N-dealkylation sites (tertiary alicyclic amines) is 1. The molecule has 1 atom stereocenters. The van der Waals surface area contributed by atoms with E-state index in [9.17, 15) is 5.11 Å². The normalized spacial score (nSPS) is 20.9. The molecule has 1 unspecified atom stereocenters. The number of aliphatic hydroxyl groups excluding tert-OH is 1. The molecule has 3 nitrogen and oxygen atoms in total. The molecular weight excluding hydrogens is 248 g/mol. The van der Waals surface area contributed by atoms with E-state index >= 15 is 0 Å². The molecule has 112 valence electrons. The van der Waals surface area contributed by atoms with Crippen LogP contribution in [0.1, 0.15) is 37.7 Å². The molecule has 0 amide bonds. The smallest absolute Gasteiger partial charge is 0.0795 e. The summed E-state index contributed by atoms with van der Waals surface area (Å²) >= 11 is 0. The van der Waals surface area contributed by atoms with Gasteiger partial charge >= 0.3 is 0 Å². The highest BCUT2D eigenvalue weighted by Gasteiger charge is 2.31. The Morgan fingerprint density at radius 3 is 2.20 bits per heavy atom. The highest BCUT2D eigenvalue weighted by Crippen LogP contribution is 2.23. The minimum absolute atomic E-state index is 0.129. The summed E-state index contributed by atoms with van der Waals surface area (Å²) < 4.78 is 0. The molecule has 0 radical (unpaired) electrons. The van der Waals surface area contributed by atoms with E-state index in [1.165, 1.54) is 37.7 Å². The van der Waals surface area contributed by atoms with Crippen LogP contribution in [0.3, 0.4) is 0 Å². The van der Waals surface area contributed by atoms with Gasteiger partial charge in [-0.1, -0.05) is 49.6 Å². The molecule has 1 aromatic carbocycles. The van der Waals surface area contributed by atoms with Gasteiger partial charge in [-0.3, -0.25) is 0 Å². The molecule has 0 bridgehead atoms. The zero-order chi connectivity index (χ0) is 14.3. The molecule has 2 N–H and O–H groups in total. The van der Waals surface area contributed by atoms with Gasteiger partial charge in [0, 0.05) is 6.54 Å². The maximum absolute atomic E-state index is 10.00. The number of likely N-dealkylation sites (N-methyl/N-ethyl adjacent to an activating group) is 1. The summed E-state index contributed by atoms with van der Waals surface area (Å²) in [7, 11) is 1.95. The van der Waals surface area contributed by atoms with Crippen molar-refractivity contribution < 1.29 is 5.11 Å². The van der Waals surface area contributed by atoms with Gasteiger partial charge in [0.25, 0.3) is 0 Å². The average molecular weight is 276 g/mol. The molecule has 1 aromatic rings. The molecule has 1 aliphatic rings. The van der Waals surface area contributed by atoms with Gasteiger partial charge in [-0.25, -0.2) is 0 Å². The Hall–Kier alpha value is -0.900. The van der Waals surface area contributed by atoms with Crippen LogP contribution in [0.5, 0.6) is 0 Å². The number of hydrogen-bond acceptors (Lipinski definition) is 3. The highest BCUT2D eigenvalue weighted by atomic mass is 16.3. The second-order valence-electron chi connectivity index (χ2n) is 5.90. The summed E-state index contributed by atoms with van der Waals surface area (Å²) in [5.74, 6) is 0. The molecule has 0 spiro atoms. The lowest BCUT2D eigenvalue weighted by molar-refractivity contribution is 0.107. The lowest BCUT2D eigenvalue weighted by Gasteiger charge is -2.38. The minimum atomic E-state index is -0.347. The zero-order valence-corrected chi connectivity index (χ0v) is 12.6. The number of nitrogens with zero attached hydrogens (tertiary/aromatic N) is 1. The highest BCUT2D eigenvalue weighted by molar-refractivity contribution is 5.25. The molecule has 2 rings (SSSR count). The predicted molar refractivity (Wildman–Crippen MR) is 83.8 cm³/mol. The van der Waals surface area contributed by atoms with Crippen molar-refractivity contribution in [1.82, 2.24) is 10.2 Å². The molecule has 1 aliphatic heterocycles. The first kappa shape index (κ1) is 15.5. The Bertz CT molecular complexity index is 368. The molecule has 1 heterocycles.